The maximum absolute atomic E-state index is 9.13. The summed E-state index contributed by atoms with van der Waals surface area (Å²) in [5, 5.41) is 10.1. The van der Waals surface area contributed by atoms with Crippen LogP contribution >= 0.6 is 23.2 Å². The zero-order valence-electron chi connectivity index (χ0n) is 9.63. The lowest BCUT2D eigenvalue weighted by molar-refractivity contribution is 0.123. The maximum Gasteiger partial charge on any atom is 0.156 e. The summed E-state index contributed by atoms with van der Waals surface area (Å²) in [5.41, 5.74) is 1.07. The fourth-order valence-electron chi connectivity index (χ4n) is 1.25. The van der Waals surface area contributed by atoms with Crippen molar-refractivity contribution < 1.29 is 9.84 Å². The van der Waals surface area contributed by atoms with Crippen LogP contribution in [-0.2, 0) is 0 Å². The first-order valence-corrected chi connectivity index (χ1v) is 5.97. The molecule has 0 radical (unpaired) electrons. The molecule has 1 atom stereocenters. The minimum absolute atomic E-state index is 0.181. The second-order valence-electron chi connectivity index (χ2n) is 4.13. The highest BCUT2D eigenvalue weighted by Crippen LogP contribution is 2.36. The van der Waals surface area contributed by atoms with Crippen LogP contribution < -0.4 is 4.74 Å². The van der Waals surface area contributed by atoms with E-state index in [-0.39, 0.29) is 6.61 Å². The van der Waals surface area contributed by atoms with Gasteiger partial charge in [-0.1, -0.05) is 37.0 Å². The van der Waals surface area contributed by atoms with Gasteiger partial charge in [0.1, 0.15) is 6.61 Å². The number of halogens is 2. The largest absolute Gasteiger partial charge is 0.488 e. The van der Waals surface area contributed by atoms with Crippen LogP contribution in [0, 0.1) is 0 Å². The van der Waals surface area contributed by atoms with Crippen molar-refractivity contribution in [3.05, 3.63) is 27.7 Å². The van der Waals surface area contributed by atoms with E-state index in [1.165, 1.54) is 0 Å². The first kappa shape index (κ1) is 13.6. The van der Waals surface area contributed by atoms with E-state index in [1.807, 2.05) is 12.1 Å². The molecule has 90 valence electrons. The molecule has 1 unspecified atom stereocenters. The molecular weight excluding hydrogens is 247 g/mol. The summed E-state index contributed by atoms with van der Waals surface area (Å²) in [7, 11) is 0. The van der Waals surface area contributed by atoms with Crippen LogP contribution in [0.25, 0.3) is 0 Å². The van der Waals surface area contributed by atoms with Gasteiger partial charge in [0.15, 0.2) is 5.75 Å². The van der Waals surface area contributed by atoms with Gasteiger partial charge in [-0.15, -0.1) is 0 Å². The summed E-state index contributed by atoms with van der Waals surface area (Å²) >= 11 is 12.1. The molecule has 0 aromatic heterocycles. The predicted molar refractivity (Wildman–Crippen MR) is 67.7 cm³/mol. The predicted octanol–water partition coefficient (Wildman–Crippen LogP) is 3.88. The lowest BCUT2D eigenvalue weighted by Gasteiger charge is -2.14. The van der Waals surface area contributed by atoms with Crippen LogP contribution in [0.2, 0.25) is 10.0 Å². The van der Waals surface area contributed by atoms with Crippen LogP contribution in [0.5, 0.6) is 5.75 Å². The summed E-state index contributed by atoms with van der Waals surface area (Å²) in [4.78, 5) is 0. The SMILES string of the molecule is CC(O)COc1c(Cl)cc(C(C)C)cc1Cl. The van der Waals surface area contributed by atoms with Crippen molar-refractivity contribution in [1.82, 2.24) is 0 Å². The topological polar surface area (TPSA) is 29.5 Å². The normalized spacial score (nSPS) is 12.9. The number of ether oxygens (including phenoxy) is 1. The summed E-state index contributed by atoms with van der Waals surface area (Å²) in [5.74, 6) is 0.800. The van der Waals surface area contributed by atoms with Crippen molar-refractivity contribution in [1.29, 1.82) is 0 Å². The molecule has 0 heterocycles. The molecule has 0 fully saturated rings. The molecule has 0 amide bonds. The fourth-order valence-corrected chi connectivity index (χ4v) is 1.87. The van der Waals surface area contributed by atoms with Crippen LogP contribution in [0.15, 0.2) is 12.1 Å². The van der Waals surface area contributed by atoms with Gasteiger partial charge in [0.25, 0.3) is 0 Å². The zero-order chi connectivity index (χ0) is 12.3. The average molecular weight is 263 g/mol. The third-order valence-corrected chi connectivity index (χ3v) is 2.72. The summed E-state index contributed by atoms with van der Waals surface area (Å²) in [6.45, 7) is 5.96. The smallest absolute Gasteiger partial charge is 0.156 e. The number of hydrogen-bond donors (Lipinski definition) is 1. The number of rotatable bonds is 4. The van der Waals surface area contributed by atoms with E-state index in [9.17, 15) is 0 Å². The number of aliphatic hydroxyl groups is 1. The van der Waals surface area contributed by atoms with Gasteiger partial charge in [-0.2, -0.15) is 0 Å². The molecule has 16 heavy (non-hydrogen) atoms. The highest BCUT2D eigenvalue weighted by atomic mass is 35.5. The van der Waals surface area contributed by atoms with Gasteiger partial charge in [0.2, 0.25) is 0 Å². The molecule has 0 saturated heterocycles. The molecule has 1 rings (SSSR count). The molecule has 0 aliphatic heterocycles. The van der Waals surface area contributed by atoms with Crippen molar-refractivity contribution >= 4 is 23.2 Å². The average Bonchev–Trinajstić information content (AvgIpc) is 2.15. The van der Waals surface area contributed by atoms with E-state index >= 15 is 0 Å². The Hall–Kier alpha value is -0.440. The summed E-state index contributed by atoms with van der Waals surface area (Å²) < 4.78 is 5.35. The Kier molecular flexibility index (Phi) is 4.90. The van der Waals surface area contributed by atoms with Crippen molar-refractivity contribution in [3.8, 4) is 5.75 Å². The number of hydrogen-bond acceptors (Lipinski definition) is 2. The Balaban J connectivity index is 2.94. The van der Waals surface area contributed by atoms with E-state index in [2.05, 4.69) is 13.8 Å². The number of aliphatic hydroxyl groups excluding tert-OH is 1. The van der Waals surface area contributed by atoms with Gasteiger partial charge in [-0.25, -0.2) is 0 Å². The second-order valence-corrected chi connectivity index (χ2v) is 4.94. The van der Waals surface area contributed by atoms with Crippen LogP contribution in [0.3, 0.4) is 0 Å². The Morgan fingerprint density at radius 2 is 1.69 bits per heavy atom. The molecule has 2 nitrogen and oxygen atoms in total. The standard InChI is InChI=1S/C12H16Cl2O2/c1-7(2)9-4-10(13)12(11(14)5-9)16-6-8(3)15/h4-5,7-8,15H,6H2,1-3H3. The van der Waals surface area contributed by atoms with Gasteiger partial charge in [-0.05, 0) is 30.5 Å². The van der Waals surface area contributed by atoms with Crippen molar-refractivity contribution in [2.75, 3.05) is 6.61 Å². The van der Waals surface area contributed by atoms with Gasteiger partial charge < -0.3 is 9.84 Å². The Morgan fingerprint density at radius 1 is 1.19 bits per heavy atom. The van der Waals surface area contributed by atoms with Crippen LogP contribution in [0.1, 0.15) is 32.3 Å². The van der Waals surface area contributed by atoms with E-state index in [4.69, 9.17) is 33.0 Å². The highest BCUT2D eigenvalue weighted by molar-refractivity contribution is 6.37. The molecule has 0 saturated carbocycles. The summed E-state index contributed by atoms with van der Waals surface area (Å²) in [6, 6.07) is 3.69. The van der Waals surface area contributed by atoms with E-state index in [0.717, 1.165) is 5.56 Å². The first-order valence-electron chi connectivity index (χ1n) is 5.21. The minimum atomic E-state index is -0.545. The molecule has 1 aromatic rings. The Labute approximate surface area is 106 Å². The van der Waals surface area contributed by atoms with E-state index < -0.39 is 6.10 Å². The lowest BCUT2D eigenvalue weighted by Crippen LogP contribution is -2.13. The van der Waals surface area contributed by atoms with Crippen molar-refractivity contribution in [3.63, 3.8) is 0 Å². The van der Waals surface area contributed by atoms with Crippen molar-refractivity contribution in [2.24, 2.45) is 0 Å². The monoisotopic (exact) mass is 262 g/mol. The highest BCUT2D eigenvalue weighted by Gasteiger charge is 2.12. The molecule has 1 N–H and O–H groups in total. The summed E-state index contributed by atoms with van der Waals surface area (Å²) in [6.07, 6.45) is -0.545. The molecule has 0 aliphatic carbocycles. The fraction of sp³-hybridized carbons (Fsp3) is 0.500. The maximum atomic E-state index is 9.13. The van der Waals surface area contributed by atoms with Gasteiger partial charge >= 0.3 is 0 Å². The number of benzene rings is 1. The Morgan fingerprint density at radius 3 is 2.06 bits per heavy atom. The van der Waals surface area contributed by atoms with Crippen LogP contribution in [0.4, 0.5) is 0 Å². The molecule has 0 spiro atoms. The van der Waals surface area contributed by atoms with Gasteiger partial charge in [0.05, 0.1) is 16.1 Å². The van der Waals surface area contributed by atoms with E-state index in [1.54, 1.807) is 6.92 Å². The molecular formula is C12H16Cl2O2. The third kappa shape index (κ3) is 3.55. The van der Waals surface area contributed by atoms with Gasteiger partial charge in [-0.3, -0.25) is 0 Å². The zero-order valence-corrected chi connectivity index (χ0v) is 11.1. The molecule has 0 aliphatic rings. The van der Waals surface area contributed by atoms with Crippen LogP contribution in [-0.4, -0.2) is 17.8 Å². The molecule has 4 heteroatoms. The van der Waals surface area contributed by atoms with E-state index in [0.29, 0.717) is 21.7 Å². The second kappa shape index (κ2) is 5.76. The first-order chi connectivity index (χ1) is 7.41. The lowest BCUT2D eigenvalue weighted by atomic mass is 10.0. The molecule has 1 aromatic carbocycles. The third-order valence-electron chi connectivity index (χ3n) is 2.16. The molecule has 0 bridgehead atoms. The van der Waals surface area contributed by atoms with Crippen molar-refractivity contribution in [2.45, 2.75) is 32.8 Å². The van der Waals surface area contributed by atoms with Gasteiger partial charge in [0, 0.05) is 0 Å². The minimum Gasteiger partial charge on any atom is -0.488 e. The quantitative estimate of drug-likeness (QED) is 0.893. The Bertz CT molecular complexity index is 339.